The Morgan fingerprint density at radius 2 is 1.68 bits per heavy atom. The second kappa shape index (κ2) is 11.1. The Morgan fingerprint density at radius 3 is 2.27 bits per heavy atom. The van der Waals surface area contributed by atoms with Crippen LogP contribution in [0.25, 0.3) is 11.1 Å². The molecule has 6 rings (SSSR count). The van der Waals surface area contributed by atoms with Crippen LogP contribution >= 0.6 is 12.4 Å². The second-order valence-corrected chi connectivity index (χ2v) is 13.0. The Bertz CT molecular complexity index is 1450. The number of sulfonamides is 1. The first-order valence-corrected chi connectivity index (χ1v) is 15.1. The standard InChI is InChI=1S/C29H32N4O6S.ClH/c1-2-17-14-29(17,27(35)33-40(37,38)19-11-12-19)32-26(34)25-13-18(15-30-25)31-28(36)39-16-24-22-9-5-3-7-20(22)21-8-4-6-10-23(21)24;/h2-10,17-19,24-25,30H,1,11-16H2,(H,31,36)(H,32,34)(H,33,35);1H/t17?,18-,25+,29?;/m1./s1. The minimum Gasteiger partial charge on any atom is -0.449 e. The molecule has 218 valence electrons. The monoisotopic (exact) mass is 600 g/mol. The average Bonchev–Trinajstić information content (AvgIpc) is 3.84. The van der Waals surface area contributed by atoms with Gasteiger partial charge in [0.1, 0.15) is 12.1 Å². The summed E-state index contributed by atoms with van der Waals surface area (Å²) in [5, 5.41) is 8.11. The van der Waals surface area contributed by atoms with Gasteiger partial charge in [0.25, 0.3) is 5.91 Å². The van der Waals surface area contributed by atoms with Crippen LogP contribution < -0.4 is 20.7 Å². The highest BCUT2D eigenvalue weighted by Gasteiger charge is 2.61. The number of alkyl carbamates (subject to hydrolysis) is 1. The van der Waals surface area contributed by atoms with E-state index in [1.165, 1.54) is 0 Å². The molecule has 0 radical (unpaired) electrons. The number of nitrogens with one attached hydrogen (secondary N) is 4. The number of ether oxygens (including phenoxy) is 1. The number of carbonyl (C=O) groups is 3. The van der Waals surface area contributed by atoms with Crippen LogP contribution in [-0.4, -0.2) is 62.3 Å². The molecule has 2 unspecified atom stereocenters. The van der Waals surface area contributed by atoms with Crippen molar-refractivity contribution in [2.24, 2.45) is 5.92 Å². The summed E-state index contributed by atoms with van der Waals surface area (Å²) < 4.78 is 32.3. The zero-order valence-corrected chi connectivity index (χ0v) is 23.9. The summed E-state index contributed by atoms with van der Waals surface area (Å²) in [7, 11) is -3.75. The highest BCUT2D eigenvalue weighted by Crippen LogP contribution is 2.46. The van der Waals surface area contributed by atoms with E-state index in [-0.39, 0.29) is 43.3 Å². The molecule has 2 saturated carbocycles. The lowest BCUT2D eigenvalue weighted by molar-refractivity contribution is -0.130. The van der Waals surface area contributed by atoms with Gasteiger partial charge in [-0.3, -0.25) is 14.3 Å². The molecule has 1 heterocycles. The third kappa shape index (κ3) is 5.58. The molecule has 3 aliphatic carbocycles. The molecular weight excluding hydrogens is 568 g/mol. The van der Waals surface area contributed by atoms with Crippen molar-refractivity contribution >= 4 is 40.3 Å². The SMILES string of the molecule is C=CC1CC1(NC(=O)[C@@H]1C[C@@H](NC(=O)OCC2c3ccccc3-c3ccccc32)CN1)C(=O)NS(=O)(=O)C1CC1.Cl. The van der Waals surface area contributed by atoms with E-state index in [4.69, 9.17) is 4.74 Å². The summed E-state index contributed by atoms with van der Waals surface area (Å²) in [4.78, 5) is 38.6. The summed E-state index contributed by atoms with van der Waals surface area (Å²) in [5.74, 6) is -1.58. The fourth-order valence-corrected chi connectivity index (χ4v) is 7.24. The van der Waals surface area contributed by atoms with Crippen LogP contribution in [0.1, 0.15) is 42.7 Å². The second-order valence-electron chi connectivity index (χ2n) is 11.0. The van der Waals surface area contributed by atoms with Crippen LogP contribution in [0.4, 0.5) is 4.79 Å². The summed E-state index contributed by atoms with van der Waals surface area (Å²) in [6.07, 6.45) is 2.61. The first-order chi connectivity index (χ1) is 19.2. The quantitative estimate of drug-likeness (QED) is 0.324. The van der Waals surface area contributed by atoms with Gasteiger partial charge in [-0.2, -0.15) is 0 Å². The van der Waals surface area contributed by atoms with E-state index in [1.807, 2.05) is 24.3 Å². The van der Waals surface area contributed by atoms with Crippen molar-refractivity contribution in [1.29, 1.82) is 0 Å². The maximum absolute atomic E-state index is 13.1. The lowest BCUT2D eigenvalue weighted by atomic mass is 9.98. The molecule has 0 spiro atoms. The van der Waals surface area contributed by atoms with E-state index in [9.17, 15) is 22.8 Å². The van der Waals surface area contributed by atoms with Gasteiger partial charge in [0.15, 0.2) is 0 Å². The first-order valence-electron chi connectivity index (χ1n) is 13.6. The Kier molecular flexibility index (Phi) is 7.88. The molecule has 3 amide bonds. The molecule has 1 aliphatic heterocycles. The topological polar surface area (TPSA) is 143 Å². The van der Waals surface area contributed by atoms with Crippen LogP contribution in [-0.2, 0) is 24.3 Å². The van der Waals surface area contributed by atoms with Crippen LogP contribution in [0.3, 0.4) is 0 Å². The van der Waals surface area contributed by atoms with Crippen LogP contribution in [0.2, 0.25) is 0 Å². The van der Waals surface area contributed by atoms with Gasteiger partial charge in [-0.05, 0) is 47.9 Å². The molecule has 10 nitrogen and oxygen atoms in total. The number of fused-ring (bicyclic) bond motifs is 3. The van der Waals surface area contributed by atoms with E-state index in [1.54, 1.807) is 6.08 Å². The minimum absolute atomic E-state index is 0. The predicted molar refractivity (Wildman–Crippen MR) is 155 cm³/mol. The van der Waals surface area contributed by atoms with Gasteiger partial charge in [0.05, 0.1) is 11.3 Å². The highest BCUT2D eigenvalue weighted by molar-refractivity contribution is 7.91. The van der Waals surface area contributed by atoms with Crippen molar-refractivity contribution in [2.45, 2.75) is 54.5 Å². The van der Waals surface area contributed by atoms with Crippen molar-refractivity contribution in [3.63, 3.8) is 0 Å². The molecule has 12 heteroatoms. The molecule has 4 N–H and O–H groups in total. The third-order valence-electron chi connectivity index (χ3n) is 8.36. The number of amides is 3. The maximum Gasteiger partial charge on any atom is 0.407 e. The van der Waals surface area contributed by atoms with Crippen molar-refractivity contribution in [2.75, 3.05) is 13.2 Å². The number of rotatable bonds is 9. The third-order valence-corrected chi connectivity index (χ3v) is 10.2. The summed E-state index contributed by atoms with van der Waals surface area (Å²) >= 11 is 0. The lowest BCUT2D eigenvalue weighted by Crippen LogP contribution is -2.55. The van der Waals surface area contributed by atoms with Crippen LogP contribution in [0.15, 0.2) is 61.2 Å². The maximum atomic E-state index is 13.1. The largest absolute Gasteiger partial charge is 0.449 e. The van der Waals surface area contributed by atoms with Gasteiger partial charge >= 0.3 is 6.09 Å². The average molecular weight is 601 g/mol. The van der Waals surface area contributed by atoms with E-state index < -0.39 is 44.8 Å². The zero-order chi connectivity index (χ0) is 28.1. The molecule has 2 aromatic rings. The molecule has 4 aliphatic rings. The Morgan fingerprint density at radius 1 is 1.05 bits per heavy atom. The van der Waals surface area contributed by atoms with Crippen molar-refractivity contribution in [1.82, 2.24) is 20.7 Å². The Hall–Kier alpha value is -3.41. The summed E-state index contributed by atoms with van der Waals surface area (Å²) in [6, 6.07) is 15.2. The van der Waals surface area contributed by atoms with Gasteiger partial charge < -0.3 is 20.7 Å². The van der Waals surface area contributed by atoms with Gasteiger partial charge in [0.2, 0.25) is 15.9 Å². The Balaban J connectivity index is 0.00000337. The molecule has 0 aromatic heterocycles. The number of benzene rings is 2. The van der Waals surface area contributed by atoms with Gasteiger partial charge in [0, 0.05) is 24.4 Å². The van der Waals surface area contributed by atoms with Crippen LogP contribution in [0, 0.1) is 5.92 Å². The molecule has 1 saturated heterocycles. The molecular formula is C29H33ClN4O6S. The first kappa shape index (κ1) is 29.1. The van der Waals surface area contributed by atoms with E-state index in [0.717, 1.165) is 22.3 Å². The number of hydrogen-bond acceptors (Lipinski definition) is 7. The predicted octanol–water partition coefficient (Wildman–Crippen LogP) is 2.35. The number of hydrogen-bond donors (Lipinski definition) is 4. The minimum atomic E-state index is -3.75. The fourth-order valence-electron chi connectivity index (χ4n) is 5.88. The molecule has 0 bridgehead atoms. The number of carbonyl (C=O) groups excluding carboxylic acids is 3. The van der Waals surface area contributed by atoms with Gasteiger partial charge in [-0.15, -0.1) is 19.0 Å². The Labute approximate surface area is 245 Å². The van der Waals surface area contributed by atoms with Gasteiger partial charge in [-0.25, -0.2) is 13.2 Å². The highest BCUT2D eigenvalue weighted by atomic mass is 35.5. The van der Waals surface area contributed by atoms with E-state index >= 15 is 0 Å². The summed E-state index contributed by atoms with van der Waals surface area (Å²) in [6.45, 7) is 4.25. The molecule has 2 aromatic carbocycles. The lowest BCUT2D eigenvalue weighted by Gasteiger charge is -2.21. The van der Waals surface area contributed by atoms with E-state index in [2.05, 4.69) is 51.5 Å². The zero-order valence-electron chi connectivity index (χ0n) is 22.3. The van der Waals surface area contributed by atoms with Crippen LogP contribution in [0.5, 0.6) is 0 Å². The van der Waals surface area contributed by atoms with E-state index in [0.29, 0.717) is 25.8 Å². The molecule has 41 heavy (non-hydrogen) atoms. The molecule has 3 fully saturated rings. The fraction of sp³-hybridized carbons (Fsp3) is 0.414. The van der Waals surface area contributed by atoms with Crippen molar-refractivity contribution in [3.05, 3.63) is 72.3 Å². The smallest absolute Gasteiger partial charge is 0.407 e. The van der Waals surface area contributed by atoms with Crippen molar-refractivity contribution in [3.8, 4) is 11.1 Å². The normalized spacial score (nSPS) is 26.1. The van der Waals surface area contributed by atoms with Crippen molar-refractivity contribution < 1.29 is 27.5 Å². The van der Waals surface area contributed by atoms with Gasteiger partial charge in [-0.1, -0.05) is 54.6 Å². The molecule has 4 atom stereocenters. The summed E-state index contributed by atoms with van der Waals surface area (Å²) in [5.41, 5.74) is 3.20. The number of halogens is 1.